The minimum Gasteiger partial charge on any atom is -0.383 e. The second-order valence-corrected chi connectivity index (χ2v) is 9.43. The zero-order valence-corrected chi connectivity index (χ0v) is 20.9. The van der Waals surface area contributed by atoms with Crippen LogP contribution in [0, 0.1) is 0 Å². The lowest BCUT2D eigenvalue weighted by atomic mass is 9.81. The summed E-state index contributed by atoms with van der Waals surface area (Å²) in [5, 5.41) is 5.18. The number of ether oxygens (including phenoxy) is 1. The molecule has 0 saturated carbocycles. The van der Waals surface area contributed by atoms with E-state index in [0.29, 0.717) is 25.3 Å². The Balaban J connectivity index is 1.80. The second-order valence-electron chi connectivity index (χ2n) is 8.45. The Morgan fingerprint density at radius 1 is 1.15 bits per heavy atom. The fraction of sp³-hybridized carbons (Fsp3) is 0.538. The number of hydrogen-bond donors (Lipinski definition) is 1. The summed E-state index contributed by atoms with van der Waals surface area (Å²) in [7, 11) is 1.63. The number of fused-ring (bicyclic) bond motifs is 1. The van der Waals surface area contributed by atoms with Gasteiger partial charge < -0.3 is 19.9 Å². The molecule has 0 unspecified atom stereocenters. The molecule has 1 aromatic heterocycles. The highest BCUT2D eigenvalue weighted by Gasteiger charge is 2.44. The van der Waals surface area contributed by atoms with Gasteiger partial charge in [0.05, 0.1) is 18.6 Å². The minimum absolute atomic E-state index is 0.0210. The van der Waals surface area contributed by atoms with E-state index in [1.165, 1.54) is 12.8 Å². The molecule has 1 aliphatic rings. The van der Waals surface area contributed by atoms with Crippen molar-refractivity contribution in [1.29, 1.82) is 0 Å². The highest BCUT2D eigenvalue weighted by Crippen LogP contribution is 2.44. The maximum atomic E-state index is 13.6. The Morgan fingerprint density at radius 2 is 1.94 bits per heavy atom. The zero-order chi connectivity index (χ0) is 23.6. The van der Waals surface area contributed by atoms with Crippen molar-refractivity contribution in [1.82, 2.24) is 15.1 Å². The van der Waals surface area contributed by atoms with Crippen molar-refractivity contribution < 1.29 is 14.3 Å². The van der Waals surface area contributed by atoms with Crippen LogP contribution in [0.2, 0.25) is 0 Å². The summed E-state index contributed by atoms with van der Waals surface area (Å²) in [6.07, 6.45) is 3.30. The van der Waals surface area contributed by atoms with E-state index in [1.54, 1.807) is 18.4 Å². The summed E-state index contributed by atoms with van der Waals surface area (Å²) < 4.78 is 5.29. The molecule has 0 fully saturated rings. The first-order chi connectivity index (χ1) is 16.1. The van der Waals surface area contributed by atoms with Gasteiger partial charge in [-0.05, 0) is 55.6 Å². The first kappa shape index (κ1) is 25.4. The molecule has 3 rings (SSSR count). The second kappa shape index (κ2) is 12.9. The van der Waals surface area contributed by atoms with Gasteiger partial charge in [-0.25, -0.2) is 0 Å². The summed E-state index contributed by atoms with van der Waals surface area (Å²) >= 11 is 1.59. The average Bonchev–Trinajstić information content (AvgIpc) is 3.37. The van der Waals surface area contributed by atoms with E-state index in [4.69, 9.17) is 4.74 Å². The summed E-state index contributed by atoms with van der Waals surface area (Å²) in [6, 6.07) is 11.2. The standard InChI is InChI=1S/C26H37N3O3S/c1-4-6-15-28(5-2)16-10-14-27-25(30)23-20-11-7-8-12-21(20)26(31)29(17-18-32-3)24(23)22-13-9-19-33-22/h7-9,11-13,19,23-24H,4-6,10,14-18H2,1-3H3,(H,27,30)/t23-,24+/m0/s1. The van der Waals surface area contributed by atoms with Crippen LogP contribution in [0.15, 0.2) is 41.8 Å². The molecule has 33 heavy (non-hydrogen) atoms. The number of carbonyl (C=O) groups excluding carboxylic acids is 2. The van der Waals surface area contributed by atoms with Crippen molar-refractivity contribution in [2.24, 2.45) is 0 Å². The molecule has 7 heteroatoms. The van der Waals surface area contributed by atoms with E-state index in [-0.39, 0.29) is 17.9 Å². The number of unbranched alkanes of at least 4 members (excludes halogenated alkanes) is 1. The molecule has 2 aromatic rings. The normalized spacial score (nSPS) is 17.9. The molecule has 2 atom stereocenters. The van der Waals surface area contributed by atoms with E-state index < -0.39 is 5.92 Å². The smallest absolute Gasteiger partial charge is 0.254 e. The van der Waals surface area contributed by atoms with Crippen LogP contribution in [0.25, 0.3) is 0 Å². The Kier molecular flexibility index (Phi) is 9.91. The predicted octanol–water partition coefficient (Wildman–Crippen LogP) is 4.30. The Bertz CT molecular complexity index is 887. The Morgan fingerprint density at radius 3 is 2.64 bits per heavy atom. The molecule has 0 spiro atoms. The van der Waals surface area contributed by atoms with Crippen molar-refractivity contribution in [2.75, 3.05) is 46.4 Å². The number of hydrogen-bond acceptors (Lipinski definition) is 5. The molecule has 0 radical (unpaired) electrons. The van der Waals surface area contributed by atoms with Gasteiger partial charge in [0.1, 0.15) is 0 Å². The van der Waals surface area contributed by atoms with Gasteiger partial charge in [-0.2, -0.15) is 0 Å². The lowest BCUT2D eigenvalue weighted by Gasteiger charge is -2.41. The Hall–Kier alpha value is -2.22. The van der Waals surface area contributed by atoms with Crippen LogP contribution in [-0.4, -0.2) is 68.1 Å². The van der Waals surface area contributed by atoms with Gasteiger partial charge in [-0.1, -0.05) is 44.5 Å². The van der Waals surface area contributed by atoms with Crippen LogP contribution in [0.1, 0.15) is 65.9 Å². The van der Waals surface area contributed by atoms with Gasteiger partial charge in [0.2, 0.25) is 5.91 Å². The minimum atomic E-state index is -0.447. The third-order valence-corrected chi connectivity index (χ3v) is 7.26. The van der Waals surface area contributed by atoms with Gasteiger partial charge in [0.25, 0.3) is 5.91 Å². The van der Waals surface area contributed by atoms with E-state index in [2.05, 4.69) is 24.1 Å². The first-order valence-corrected chi connectivity index (χ1v) is 12.9. The van der Waals surface area contributed by atoms with Crippen LogP contribution >= 0.6 is 11.3 Å². The molecular weight excluding hydrogens is 434 g/mol. The van der Waals surface area contributed by atoms with Gasteiger partial charge in [0.15, 0.2) is 0 Å². The number of carbonyl (C=O) groups is 2. The third-order valence-electron chi connectivity index (χ3n) is 6.32. The van der Waals surface area contributed by atoms with E-state index in [1.807, 2.05) is 46.7 Å². The number of thiophene rings is 1. The fourth-order valence-electron chi connectivity index (χ4n) is 4.52. The highest BCUT2D eigenvalue weighted by molar-refractivity contribution is 7.10. The van der Waals surface area contributed by atoms with Crippen molar-refractivity contribution in [2.45, 2.75) is 45.1 Å². The van der Waals surface area contributed by atoms with Crippen LogP contribution in [0.5, 0.6) is 0 Å². The molecule has 0 bridgehead atoms. The van der Waals surface area contributed by atoms with Crippen molar-refractivity contribution in [3.63, 3.8) is 0 Å². The molecule has 1 aliphatic heterocycles. The van der Waals surface area contributed by atoms with Gasteiger partial charge in [-0.15, -0.1) is 11.3 Å². The molecular formula is C26H37N3O3S. The molecule has 1 aromatic carbocycles. The largest absolute Gasteiger partial charge is 0.383 e. The molecule has 180 valence electrons. The summed E-state index contributed by atoms with van der Waals surface area (Å²) in [6.45, 7) is 9.00. The number of rotatable bonds is 13. The lowest BCUT2D eigenvalue weighted by molar-refractivity contribution is -0.124. The maximum Gasteiger partial charge on any atom is 0.254 e. The predicted molar refractivity (Wildman–Crippen MR) is 134 cm³/mol. The van der Waals surface area contributed by atoms with Gasteiger partial charge in [-0.3, -0.25) is 9.59 Å². The molecule has 1 N–H and O–H groups in total. The van der Waals surface area contributed by atoms with E-state index >= 15 is 0 Å². The van der Waals surface area contributed by atoms with Gasteiger partial charge >= 0.3 is 0 Å². The van der Waals surface area contributed by atoms with Gasteiger partial charge in [0, 0.05) is 30.6 Å². The molecule has 2 heterocycles. The number of nitrogens with zero attached hydrogens (tertiary/aromatic N) is 2. The van der Waals surface area contributed by atoms with Crippen LogP contribution in [0.3, 0.4) is 0 Å². The SMILES string of the molecule is CCCCN(CC)CCCNC(=O)[C@H]1c2ccccc2C(=O)N(CCOC)[C@@H]1c1cccs1. The van der Waals surface area contributed by atoms with E-state index in [9.17, 15) is 9.59 Å². The summed E-state index contributed by atoms with van der Waals surface area (Å²) in [5.74, 6) is -0.510. The van der Waals surface area contributed by atoms with Crippen molar-refractivity contribution in [3.8, 4) is 0 Å². The lowest BCUT2D eigenvalue weighted by Crippen LogP contribution is -2.48. The summed E-state index contributed by atoms with van der Waals surface area (Å²) in [5.41, 5.74) is 1.42. The van der Waals surface area contributed by atoms with Crippen molar-refractivity contribution >= 4 is 23.2 Å². The number of nitrogens with one attached hydrogen (secondary N) is 1. The van der Waals surface area contributed by atoms with Crippen LogP contribution < -0.4 is 5.32 Å². The quantitative estimate of drug-likeness (QED) is 0.443. The molecule has 2 amide bonds. The zero-order valence-electron chi connectivity index (χ0n) is 20.1. The summed E-state index contributed by atoms with van der Waals surface area (Å²) in [4.78, 5) is 32.2. The molecule has 0 saturated heterocycles. The monoisotopic (exact) mass is 471 g/mol. The first-order valence-electron chi connectivity index (χ1n) is 12.0. The van der Waals surface area contributed by atoms with Crippen molar-refractivity contribution in [3.05, 3.63) is 57.8 Å². The third kappa shape index (κ3) is 6.22. The number of benzene rings is 1. The highest BCUT2D eigenvalue weighted by atomic mass is 32.1. The number of methoxy groups -OCH3 is 1. The fourth-order valence-corrected chi connectivity index (χ4v) is 5.39. The Labute approximate surface area is 201 Å². The number of amides is 2. The van der Waals surface area contributed by atoms with Crippen LogP contribution in [0.4, 0.5) is 0 Å². The molecule has 6 nitrogen and oxygen atoms in total. The van der Waals surface area contributed by atoms with Crippen LogP contribution in [-0.2, 0) is 9.53 Å². The topological polar surface area (TPSA) is 61.9 Å². The van der Waals surface area contributed by atoms with E-state index in [0.717, 1.165) is 36.5 Å². The molecule has 0 aliphatic carbocycles. The average molecular weight is 472 g/mol. The maximum absolute atomic E-state index is 13.6.